The highest BCUT2D eigenvalue weighted by Crippen LogP contribution is 2.25. The summed E-state index contributed by atoms with van der Waals surface area (Å²) in [7, 11) is 0. The number of nitrogens with zero attached hydrogens (tertiary/aromatic N) is 4. The molecule has 1 N–H and O–H groups in total. The molecule has 31 heavy (non-hydrogen) atoms. The molecular weight excluding hydrogens is 394 g/mol. The minimum Gasteiger partial charge on any atom is -0.487 e. The van der Waals surface area contributed by atoms with E-state index in [0.29, 0.717) is 30.8 Å². The fourth-order valence-corrected chi connectivity index (χ4v) is 4.01. The average molecular weight is 419 g/mol. The molecule has 1 aliphatic heterocycles. The maximum absolute atomic E-state index is 12.3. The monoisotopic (exact) mass is 419 g/mol. The van der Waals surface area contributed by atoms with Crippen LogP contribution in [0.4, 0.5) is 4.79 Å². The minimum absolute atomic E-state index is 0.0188. The van der Waals surface area contributed by atoms with Crippen molar-refractivity contribution in [3.8, 4) is 28.6 Å². The molecule has 1 saturated heterocycles. The number of benzene rings is 1. The van der Waals surface area contributed by atoms with E-state index in [4.69, 9.17) is 9.26 Å². The molecule has 1 aromatic carbocycles. The fourth-order valence-electron chi connectivity index (χ4n) is 4.01. The van der Waals surface area contributed by atoms with Crippen molar-refractivity contribution >= 4 is 6.03 Å². The first kappa shape index (κ1) is 19.5. The summed E-state index contributed by atoms with van der Waals surface area (Å²) in [5, 5.41) is 7.20. The molecule has 0 spiro atoms. The molecule has 0 unspecified atom stereocenters. The van der Waals surface area contributed by atoms with E-state index < -0.39 is 0 Å². The number of nitrogens with one attached hydrogen (secondary N) is 1. The van der Waals surface area contributed by atoms with Crippen LogP contribution in [0.15, 0.2) is 53.3 Å². The lowest BCUT2D eigenvalue weighted by Gasteiger charge is -2.40. The zero-order chi connectivity index (χ0) is 21.0. The Kier molecular flexibility index (Phi) is 5.52. The topological polar surface area (TPSA) is 93.4 Å². The molecule has 1 saturated carbocycles. The molecule has 2 fully saturated rings. The summed E-state index contributed by atoms with van der Waals surface area (Å²) in [5.74, 6) is 1.71. The number of aromatic nitrogens is 3. The summed E-state index contributed by atoms with van der Waals surface area (Å²) in [4.78, 5) is 22.6. The van der Waals surface area contributed by atoms with Crippen LogP contribution in [0.25, 0.3) is 22.8 Å². The maximum atomic E-state index is 12.3. The van der Waals surface area contributed by atoms with Crippen LogP contribution in [0.5, 0.6) is 5.75 Å². The molecule has 8 heteroatoms. The molecule has 0 atom stereocenters. The van der Waals surface area contributed by atoms with E-state index in [1.165, 1.54) is 19.3 Å². The summed E-state index contributed by atoms with van der Waals surface area (Å²) in [5.41, 5.74) is 1.62. The van der Waals surface area contributed by atoms with Gasteiger partial charge in [-0.15, -0.1) is 0 Å². The van der Waals surface area contributed by atoms with Gasteiger partial charge in [-0.25, -0.2) is 4.79 Å². The van der Waals surface area contributed by atoms with Crippen molar-refractivity contribution in [3.63, 3.8) is 0 Å². The van der Waals surface area contributed by atoms with Crippen LogP contribution in [-0.2, 0) is 0 Å². The predicted octanol–water partition coefficient (Wildman–Crippen LogP) is 3.90. The lowest BCUT2D eigenvalue weighted by molar-refractivity contribution is 0.0429. The Labute approximate surface area is 180 Å². The number of carbonyl (C=O) groups is 1. The lowest BCUT2D eigenvalue weighted by atomic mass is 9.95. The van der Waals surface area contributed by atoms with E-state index in [1.807, 2.05) is 41.3 Å². The Morgan fingerprint density at radius 1 is 1.06 bits per heavy atom. The minimum atomic E-state index is 0.0188. The number of amides is 2. The van der Waals surface area contributed by atoms with Crippen LogP contribution in [0, 0.1) is 0 Å². The SMILES string of the molecule is O=C(NC1CCCCC1)N1CC(Oc2ccc(-c3noc(-c4cccnc4)n3)cc2)C1. The summed E-state index contributed by atoms with van der Waals surface area (Å²) < 4.78 is 11.3. The van der Waals surface area contributed by atoms with Crippen LogP contribution in [0.1, 0.15) is 32.1 Å². The Balaban J connectivity index is 1.12. The predicted molar refractivity (Wildman–Crippen MR) is 114 cm³/mol. The molecule has 2 amide bonds. The molecule has 3 heterocycles. The molecule has 3 aromatic rings. The summed E-state index contributed by atoms with van der Waals surface area (Å²) in [6.07, 6.45) is 9.29. The third kappa shape index (κ3) is 4.52. The second-order valence-corrected chi connectivity index (χ2v) is 8.12. The van der Waals surface area contributed by atoms with Gasteiger partial charge < -0.3 is 19.5 Å². The number of hydrogen-bond acceptors (Lipinski definition) is 6. The Hall–Kier alpha value is -3.42. The third-order valence-corrected chi connectivity index (χ3v) is 5.82. The van der Waals surface area contributed by atoms with Gasteiger partial charge in [0, 0.05) is 24.0 Å². The van der Waals surface area contributed by atoms with Crippen LogP contribution >= 0.6 is 0 Å². The molecule has 1 aliphatic carbocycles. The van der Waals surface area contributed by atoms with Crippen LogP contribution in [-0.4, -0.2) is 51.3 Å². The van der Waals surface area contributed by atoms with E-state index in [1.54, 1.807) is 12.4 Å². The van der Waals surface area contributed by atoms with Gasteiger partial charge in [0.25, 0.3) is 5.89 Å². The largest absolute Gasteiger partial charge is 0.487 e. The van der Waals surface area contributed by atoms with Crippen LogP contribution in [0.2, 0.25) is 0 Å². The first-order chi connectivity index (χ1) is 15.2. The Morgan fingerprint density at radius 2 is 1.87 bits per heavy atom. The first-order valence-corrected chi connectivity index (χ1v) is 10.8. The van der Waals surface area contributed by atoms with Gasteiger partial charge >= 0.3 is 6.03 Å². The molecule has 8 nitrogen and oxygen atoms in total. The smallest absolute Gasteiger partial charge is 0.317 e. The van der Waals surface area contributed by atoms with Crippen LogP contribution in [0.3, 0.4) is 0 Å². The first-order valence-electron chi connectivity index (χ1n) is 10.8. The molecule has 0 bridgehead atoms. The normalized spacial score (nSPS) is 17.2. The van der Waals surface area contributed by atoms with Crippen molar-refractivity contribution in [1.29, 1.82) is 0 Å². The van der Waals surface area contributed by atoms with E-state index in [9.17, 15) is 4.79 Å². The number of rotatable bonds is 5. The highest BCUT2D eigenvalue weighted by atomic mass is 16.5. The second-order valence-electron chi connectivity index (χ2n) is 8.12. The second kappa shape index (κ2) is 8.75. The molecule has 2 aromatic heterocycles. The van der Waals surface area contributed by atoms with Gasteiger partial charge in [-0.3, -0.25) is 4.98 Å². The van der Waals surface area contributed by atoms with Gasteiger partial charge in [0.15, 0.2) is 0 Å². The molecule has 0 radical (unpaired) electrons. The van der Waals surface area contributed by atoms with E-state index in [0.717, 1.165) is 29.7 Å². The van der Waals surface area contributed by atoms with Crippen LogP contribution < -0.4 is 10.1 Å². The summed E-state index contributed by atoms with van der Waals surface area (Å²) in [6, 6.07) is 11.6. The quantitative estimate of drug-likeness (QED) is 0.674. The standard InChI is InChI=1S/C23H25N5O3/c29-23(25-18-6-2-1-3-7-18)28-14-20(15-28)30-19-10-8-16(9-11-19)21-26-22(31-27-21)17-5-4-12-24-13-17/h4-5,8-13,18,20H,1-3,6-7,14-15H2,(H,25,29). The van der Waals surface area contributed by atoms with Crippen molar-refractivity contribution in [2.45, 2.75) is 44.2 Å². The van der Waals surface area contributed by atoms with Gasteiger partial charge in [-0.05, 0) is 49.2 Å². The highest BCUT2D eigenvalue weighted by molar-refractivity contribution is 5.75. The van der Waals surface area contributed by atoms with Gasteiger partial charge in [-0.1, -0.05) is 24.4 Å². The number of urea groups is 1. The molecule has 2 aliphatic rings. The summed E-state index contributed by atoms with van der Waals surface area (Å²) in [6.45, 7) is 1.22. The van der Waals surface area contributed by atoms with Crippen molar-refractivity contribution in [2.24, 2.45) is 0 Å². The number of hydrogen-bond donors (Lipinski definition) is 1. The van der Waals surface area contributed by atoms with Crippen molar-refractivity contribution in [1.82, 2.24) is 25.3 Å². The number of likely N-dealkylation sites (tertiary alicyclic amines) is 1. The van der Waals surface area contributed by atoms with E-state index in [-0.39, 0.29) is 12.1 Å². The van der Waals surface area contributed by atoms with Crippen molar-refractivity contribution < 1.29 is 14.1 Å². The van der Waals surface area contributed by atoms with E-state index >= 15 is 0 Å². The molecule has 5 rings (SSSR count). The molecule has 160 valence electrons. The summed E-state index contributed by atoms with van der Waals surface area (Å²) >= 11 is 0. The van der Waals surface area contributed by atoms with Gasteiger partial charge in [0.2, 0.25) is 5.82 Å². The number of carbonyl (C=O) groups excluding carboxylic acids is 1. The van der Waals surface area contributed by atoms with Gasteiger partial charge in [0.05, 0.1) is 18.7 Å². The highest BCUT2D eigenvalue weighted by Gasteiger charge is 2.33. The van der Waals surface area contributed by atoms with Gasteiger partial charge in [0.1, 0.15) is 11.9 Å². The zero-order valence-corrected chi connectivity index (χ0v) is 17.2. The number of pyridine rings is 1. The van der Waals surface area contributed by atoms with Crippen molar-refractivity contribution in [3.05, 3.63) is 48.8 Å². The van der Waals surface area contributed by atoms with Gasteiger partial charge in [-0.2, -0.15) is 4.98 Å². The zero-order valence-electron chi connectivity index (χ0n) is 17.2. The van der Waals surface area contributed by atoms with E-state index in [2.05, 4.69) is 20.4 Å². The third-order valence-electron chi connectivity index (χ3n) is 5.82. The lowest BCUT2D eigenvalue weighted by Crippen LogP contribution is -2.60. The Morgan fingerprint density at radius 3 is 2.61 bits per heavy atom. The average Bonchev–Trinajstić information content (AvgIpc) is 3.28. The fraction of sp³-hybridized carbons (Fsp3) is 0.391. The number of ether oxygens (including phenoxy) is 1. The molecular formula is C23H25N5O3. The maximum Gasteiger partial charge on any atom is 0.317 e. The Bertz CT molecular complexity index is 1010. The van der Waals surface area contributed by atoms with Crippen molar-refractivity contribution in [2.75, 3.05) is 13.1 Å².